The van der Waals surface area contributed by atoms with Crippen molar-refractivity contribution in [1.82, 2.24) is 20.9 Å². The van der Waals surface area contributed by atoms with Crippen LogP contribution in [0.2, 0.25) is 0 Å². The summed E-state index contributed by atoms with van der Waals surface area (Å²) >= 11 is 0. The van der Waals surface area contributed by atoms with Crippen LogP contribution in [0.25, 0.3) is 0 Å². The number of amides is 3. The second-order valence-corrected chi connectivity index (χ2v) is 12.6. The minimum Gasteiger partial charge on any atom is -0.347 e. The summed E-state index contributed by atoms with van der Waals surface area (Å²) in [5, 5.41) is 9.24. The summed E-state index contributed by atoms with van der Waals surface area (Å²) in [4.78, 5) is 42.8. The molecule has 2 aromatic carbocycles. The van der Waals surface area contributed by atoms with Crippen molar-refractivity contribution in [3.05, 3.63) is 70.3 Å². The monoisotopic (exact) mass is 532 g/mol. The first-order chi connectivity index (χ1) is 18.4. The molecule has 1 unspecified atom stereocenters. The summed E-state index contributed by atoms with van der Waals surface area (Å²) in [5.74, 6) is -0.171. The van der Waals surface area contributed by atoms with Crippen molar-refractivity contribution >= 4 is 17.7 Å². The molecule has 3 N–H and O–H groups in total. The first kappa shape index (κ1) is 28.8. The van der Waals surface area contributed by atoms with E-state index in [1.165, 1.54) is 5.56 Å². The molecule has 210 valence electrons. The van der Waals surface area contributed by atoms with Crippen molar-refractivity contribution in [1.29, 1.82) is 0 Å². The summed E-state index contributed by atoms with van der Waals surface area (Å²) in [6, 6.07) is 12.5. The van der Waals surface area contributed by atoms with Gasteiger partial charge in [0.15, 0.2) is 0 Å². The van der Waals surface area contributed by atoms with E-state index >= 15 is 0 Å². The molecule has 2 aromatic rings. The summed E-state index contributed by atoms with van der Waals surface area (Å²) < 4.78 is 0. The fourth-order valence-corrected chi connectivity index (χ4v) is 5.84. The first-order valence-electron chi connectivity index (χ1n) is 14.1. The number of carbonyl (C=O) groups excluding carboxylic acids is 3. The van der Waals surface area contributed by atoms with E-state index in [-0.39, 0.29) is 23.8 Å². The third kappa shape index (κ3) is 6.35. The van der Waals surface area contributed by atoms with E-state index in [1.54, 1.807) is 18.9 Å². The molecule has 3 amide bonds. The van der Waals surface area contributed by atoms with Gasteiger partial charge in [0.1, 0.15) is 12.1 Å². The van der Waals surface area contributed by atoms with Gasteiger partial charge in [0, 0.05) is 13.0 Å². The molecule has 0 saturated heterocycles. The highest BCUT2D eigenvalue weighted by atomic mass is 16.2. The quantitative estimate of drug-likeness (QED) is 0.528. The molecule has 0 radical (unpaired) electrons. The molecule has 1 aliphatic carbocycles. The minimum absolute atomic E-state index is 0.0941. The van der Waals surface area contributed by atoms with E-state index in [9.17, 15) is 14.4 Å². The van der Waals surface area contributed by atoms with Crippen molar-refractivity contribution < 1.29 is 14.4 Å². The predicted molar refractivity (Wildman–Crippen MR) is 154 cm³/mol. The second kappa shape index (κ2) is 11.5. The maximum Gasteiger partial charge on any atom is 0.246 e. The number of aryl methyl sites for hydroxylation is 1. The Labute approximate surface area is 233 Å². The van der Waals surface area contributed by atoms with Gasteiger partial charge in [-0.1, -0.05) is 75.7 Å². The Morgan fingerprint density at radius 1 is 1.00 bits per heavy atom. The Hall–Kier alpha value is -3.19. The van der Waals surface area contributed by atoms with Crippen LogP contribution in [-0.2, 0) is 33.8 Å². The van der Waals surface area contributed by atoms with Gasteiger partial charge in [-0.15, -0.1) is 0 Å². The smallest absolute Gasteiger partial charge is 0.246 e. The molecule has 1 aliphatic heterocycles. The van der Waals surface area contributed by atoms with Gasteiger partial charge in [-0.2, -0.15) is 0 Å². The number of hydrogen-bond acceptors (Lipinski definition) is 4. The molecule has 0 aromatic heterocycles. The van der Waals surface area contributed by atoms with Gasteiger partial charge in [0.25, 0.3) is 0 Å². The molecule has 39 heavy (non-hydrogen) atoms. The Morgan fingerprint density at radius 2 is 1.72 bits per heavy atom. The zero-order valence-electron chi connectivity index (χ0n) is 24.4. The van der Waals surface area contributed by atoms with Crippen molar-refractivity contribution in [3.8, 4) is 0 Å². The lowest BCUT2D eigenvalue weighted by atomic mass is 9.81. The van der Waals surface area contributed by atoms with Crippen LogP contribution in [0.5, 0.6) is 0 Å². The summed E-state index contributed by atoms with van der Waals surface area (Å²) in [5.41, 5.74) is 5.13. The largest absolute Gasteiger partial charge is 0.347 e. The molecule has 7 nitrogen and oxygen atoms in total. The molecule has 0 fully saturated rings. The lowest BCUT2D eigenvalue weighted by Gasteiger charge is -2.42. The number of carbonyl (C=O) groups is 3. The molecular formula is C32H44N4O3. The molecule has 0 bridgehead atoms. The third-order valence-electron chi connectivity index (χ3n) is 8.26. The Bertz CT molecular complexity index is 1230. The molecule has 2 aliphatic rings. The lowest BCUT2D eigenvalue weighted by molar-refractivity contribution is -0.147. The molecule has 0 saturated carbocycles. The average Bonchev–Trinajstić information content (AvgIpc) is 2.89. The van der Waals surface area contributed by atoms with Gasteiger partial charge in [-0.05, 0) is 67.3 Å². The van der Waals surface area contributed by atoms with Crippen LogP contribution in [0, 0.1) is 18.3 Å². The Morgan fingerprint density at radius 3 is 2.41 bits per heavy atom. The fourth-order valence-electron chi connectivity index (χ4n) is 5.84. The number of fused-ring (bicyclic) bond motifs is 2. The number of benzene rings is 2. The van der Waals surface area contributed by atoms with Crippen LogP contribution in [-0.4, -0.2) is 47.8 Å². The Balaban J connectivity index is 1.66. The zero-order chi connectivity index (χ0) is 28.5. The number of nitrogens with zero attached hydrogens (tertiary/aromatic N) is 1. The average molecular weight is 533 g/mol. The van der Waals surface area contributed by atoms with E-state index in [1.807, 2.05) is 39.8 Å². The van der Waals surface area contributed by atoms with Crippen LogP contribution in [0.15, 0.2) is 42.5 Å². The number of rotatable bonds is 6. The normalized spacial score (nSPS) is 22.2. The number of likely N-dealkylation sites (N-methyl/N-ethyl adjacent to an activating group) is 1. The molecule has 5 atom stereocenters. The van der Waals surface area contributed by atoms with Crippen LogP contribution in [0.1, 0.15) is 74.9 Å². The maximum absolute atomic E-state index is 14.3. The van der Waals surface area contributed by atoms with Crippen molar-refractivity contribution in [2.24, 2.45) is 11.3 Å². The highest BCUT2D eigenvalue weighted by Gasteiger charge is 2.43. The standard InChI is InChI=1S/C32H44N4O3/c1-19-12-13-22-17-27(30(38)34-26-16-20(2)15-23-10-8-9-11-25(23)26)36(18-24(22)14-19)31(39)28(32(4,5)6)35-29(37)21(3)33-7/h8-14,20-21,26-28,33H,15-18H2,1-7H3,(H,34,38)(H,35,37)/t20?,21-,26+,27-,28+/m0/s1. The van der Waals surface area contributed by atoms with E-state index in [4.69, 9.17) is 0 Å². The van der Waals surface area contributed by atoms with Crippen LogP contribution < -0.4 is 16.0 Å². The predicted octanol–water partition coefficient (Wildman–Crippen LogP) is 3.83. The van der Waals surface area contributed by atoms with Gasteiger partial charge in [-0.3, -0.25) is 14.4 Å². The second-order valence-electron chi connectivity index (χ2n) is 12.6. The van der Waals surface area contributed by atoms with Crippen molar-refractivity contribution in [2.75, 3.05) is 7.05 Å². The lowest BCUT2D eigenvalue weighted by Crippen LogP contribution is -2.62. The van der Waals surface area contributed by atoms with E-state index in [0.717, 1.165) is 35.1 Å². The van der Waals surface area contributed by atoms with Gasteiger partial charge in [0.05, 0.1) is 12.1 Å². The van der Waals surface area contributed by atoms with E-state index in [0.29, 0.717) is 18.9 Å². The molecule has 1 heterocycles. The fraction of sp³-hybridized carbons (Fsp3) is 0.531. The summed E-state index contributed by atoms with van der Waals surface area (Å²) in [6.45, 7) is 12.2. The SMILES string of the molecule is CN[C@@H](C)C(=O)N[C@H](C(=O)N1Cc2cc(C)ccc2C[C@H]1C(=O)N[C@@H]1CC(C)Cc2ccccc21)C(C)(C)C. The summed E-state index contributed by atoms with van der Waals surface area (Å²) in [7, 11) is 1.71. The van der Waals surface area contributed by atoms with Crippen molar-refractivity contribution in [2.45, 2.75) is 91.5 Å². The maximum atomic E-state index is 14.3. The van der Waals surface area contributed by atoms with Gasteiger partial charge >= 0.3 is 0 Å². The first-order valence-corrected chi connectivity index (χ1v) is 14.1. The summed E-state index contributed by atoms with van der Waals surface area (Å²) in [6.07, 6.45) is 2.30. The Kier molecular flexibility index (Phi) is 8.50. The third-order valence-corrected chi connectivity index (χ3v) is 8.26. The zero-order valence-corrected chi connectivity index (χ0v) is 24.4. The highest BCUT2D eigenvalue weighted by molar-refractivity contribution is 5.94. The topological polar surface area (TPSA) is 90.5 Å². The number of nitrogens with one attached hydrogen (secondary N) is 3. The van der Waals surface area contributed by atoms with Gasteiger partial charge in [-0.25, -0.2) is 0 Å². The van der Waals surface area contributed by atoms with Crippen LogP contribution in [0.4, 0.5) is 0 Å². The highest BCUT2D eigenvalue weighted by Crippen LogP contribution is 2.34. The molecule has 4 rings (SSSR count). The minimum atomic E-state index is -0.780. The van der Waals surface area contributed by atoms with Gasteiger partial charge < -0.3 is 20.9 Å². The van der Waals surface area contributed by atoms with Crippen molar-refractivity contribution in [3.63, 3.8) is 0 Å². The van der Waals surface area contributed by atoms with E-state index in [2.05, 4.69) is 53.2 Å². The molecular weight excluding hydrogens is 488 g/mol. The van der Waals surface area contributed by atoms with Crippen LogP contribution in [0.3, 0.4) is 0 Å². The van der Waals surface area contributed by atoms with E-state index < -0.39 is 23.5 Å². The molecule has 7 heteroatoms. The molecule has 0 spiro atoms. The van der Waals surface area contributed by atoms with Gasteiger partial charge in [0.2, 0.25) is 17.7 Å². The number of hydrogen-bond donors (Lipinski definition) is 3. The van der Waals surface area contributed by atoms with Crippen LogP contribution >= 0.6 is 0 Å².